The number of pyridine rings is 1. The van der Waals surface area contributed by atoms with Crippen LogP contribution in [-0.2, 0) is 0 Å². The predicted molar refractivity (Wildman–Crippen MR) is 66.8 cm³/mol. The minimum Gasteiger partial charge on any atom is -0.396 e. The monoisotopic (exact) mass is 264 g/mol. The molecule has 0 spiro atoms. The van der Waals surface area contributed by atoms with Crippen molar-refractivity contribution in [2.75, 3.05) is 11.1 Å². The summed E-state index contributed by atoms with van der Waals surface area (Å²) >= 11 is 0. The summed E-state index contributed by atoms with van der Waals surface area (Å²) in [5.41, 5.74) is 10.4. The van der Waals surface area contributed by atoms with Gasteiger partial charge in [-0.25, -0.2) is 13.8 Å². The maximum absolute atomic E-state index is 13.5. The number of anilines is 3. The second-order valence-corrected chi connectivity index (χ2v) is 3.72. The second-order valence-electron chi connectivity index (χ2n) is 3.72. The summed E-state index contributed by atoms with van der Waals surface area (Å²) in [4.78, 5) is 14.8. The average molecular weight is 264 g/mol. The Balaban J connectivity index is 2.43. The van der Waals surface area contributed by atoms with Crippen LogP contribution in [0.3, 0.4) is 0 Å². The molecule has 98 valence electrons. The third kappa shape index (κ3) is 2.59. The zero-order valence-corrected chi connectivity index (χ0v) is 9.65. The van der Waals surface area contributed by atoms with Crippen molar-refractivity contribution in [2.45, 2.75) is 0 Å². The standard InChI is InChI=1S/C12H10F2N4O/c13-6-2-1-3-7(14)10(6)18-12-8(15)4-5-9(17-12)11(16)19/h1-5H,15H2,(H2,16,19)(H,17,18). The van der Waals surface area contributed by atoms with Crippen LogP contribution in [0.5, 0.6) is 0 Å². The summed E-state index contributed by atoms with van der Waals surface area (Å²) in [5, 5.41) is 2.41. The Labute approximate surface area is 107 Å². The molecule has 5 nitrogen and oxygen atoms in total. The minimum absolute atomic E-state index is 0.0414. The summed E-state index contributed by atoms with van der Waals surface area (Å²) in [6.07, 6.45) is 0. The summed E-state index contributed by atoms with van der Waals surface area (Å²) < 4.78 is 26.9. The normalized spacial score (nSPS) is 10.2. The van der Waals surface area contributed by atoms with Crippen molar-refractivity contribution >= 4 is 23.1 Å². The first-order chi connectivity index (χ1) is 8.99. The van der Waals surface area contributed by atoms with E-state index in [0.29, 0.717) is 0 Å². The first kappa shape index (κ1) is 12.7. The maximum atomic E-state index is 13.5. The number of aromatic nitrogens is 1. The van der Waals surface area contributed by atoms with Gasteiger partial charge < -0.3 is 16.8 Å². The number of nitrogens with zero attached hydrogens (tertiary/aromatic N) is 1. The Kier molecular flexibility index (Phi) is 3.28. The molecule has 7 heteroatoms. The molecule has 0 saturated heterocycles. The molecule has 0 bridgehead atoms. The van der Waals surface area contributed by atoms with Crippen LogP contribution >= 0.6 is 0 Å². The van der Waals surface area contributed by atoms with Gasteiger partial charge >= 0.3 is 0 Å². The van der Waals surface area contributed by atoms with Gasteiger partial charge in [-0.2, -0.15) is 0 Å². The molecule has 0 radical (unpaired) electrons. The Morgan fingerprint density at radius 1 is 1.16 bits per heavy atom. The number of carbonyl (C=O) groups excluding carboxylic acids is 1. The van der Waals surface area contributed by atoms with E-state index in [0.717, 1.165) is 12.1 Å². The molecular weight excluding hydrogens is 254 g/mol. The van der Waals surface area contributed by atoms with Gasteiger partial charge in [0.2, 0.25) is 0 Å². The molecule has 2 rings (SSSR count). The molecule has 1 aromatic carbocycles. The van der Waals surface area contributed by atoms with E-state index < -0.39 is 23.2 Å². The number of halogens is 2. The van der Waals surface area contributed by atoms with Crippen molar-refractivity contribution < 1.29 is 13.6 Å². The van der Waals surface area contributed by atoms with Crippen LogP contribution in [0.4, 0.5) is 26.0 Å². The van der Waals surface area contributed by atoms with Crippen LogP contribution in [0.25, 0.3) is 0 Å². The lowest BCUT2D eigenvalue weighted by molar-refractivity contribution is 0.0996. The summed E-state index contributed by atoms with van der Waals surface area (Å²) in [7, 11) is 0. The van der Waals surface area contributed by atoms with Gasteiger partial charge in [-0.05, 0) is 24.3 Å². The van der Waals surface area contributed by atoms with Crippen molar-refractivity contribution in [3.8, 4) is 0 Å². The molecule has 1 amide bonds. The zero-order chi connectivity index (χ0) is 14.0. The van der Waals surface area contributed by atoms with Crippen molar-refractivity contribution in [3.05, 3.63) is 47.7 Å². The fraction of sp³-hybridized carbons (Fsp3) is 0. The summed E-state index contributed by atoms with van der Waals surface area (Å²) in [6, 6.07) is 6.08. The van der Waals surface area contributed by atoms with E-state index in [9.17, 15) is 13.6 Å². The molecule has 2 aromatic rings. The number of rotatable bonds is 3. The minimum atomic E-state index is -0.800. The Morgan fingerprint density at radius 2 is 1.79 bits per heavy atom. The highest BCUT2D eigenvalue weighted by Gasteiger charge is 2.12. The summed E-state index contributed by atoms with van der Waals surface area (Å²) in [6.45, 7) is 0. The number of hydrogen-bond acceptors (Lipinski definition) is 4. The maximum Gasteiger partial charge on any atom is 0.267 e. The SMILES string of the molecule is NC(=O)c1ccc(N)c(Nc2c(F)cccc2F)n1. The van der Waals surface area contributed by atoms with E-state index in [-0.39, 0.29) is 17.2 Å². The summed E-state index contributed by atoms with van der Waals surface area (Å²) in [5.74, 6) is -2.41. The predicted octanol–water partition coefficient (Wildman–Crippen LogP) is 1.78. The van der Waals surface area contributed by atoms with E-state index in [4.69, 9.17) is 11.5 Å². The highest BCUT2D eigenvalue weighted by molar-refractivity contribution is 5.92. The van der Waals surface area contributed by atoms with Gasteiger partial charge in [-0.1, -0.05) is 6.07 Å². The molecule has 0 aliphatic carbocycles. The highest BCUT2D eigenvalue weighted by atomic mass is 19.1. The van der Waals surface area contributed by atoms with Crippen LogP contribution < -0.4 is 16.8 Å². The van der Waals surface area contributed by atoms with Crippen LogP contribution in [0.15, 0.2) is 30.3 Å². The average Bonchev–Trinajstić information content (AvgIpc) is 2.35. The van der Waals surface area contributed by atoms with Gasteiger partial charge in [0.1, 0.15) is 23.0 Å². The van der Waals surface area contributed by atoms with E-state index >= 15 is 0 Å². The van der Waals surface area contributed by atoms with Crippen molar-refractivity contribution in [2.24, 2.45) is 5.73 Å². The van der Waals surface area contributed by atoms with Crippen molar-refractivity contribution in [1.29, 1.82) is 0 Å². The first-order valence-corrected chi connectivity index (χ1v) is 5.26. The Morgan fingerprint density at radius 3 is 2.37 bits per heavy atom. The van der Waals surface area contributed by atoms with Gasteiger partial charge in [0, 0.05) is 0 Å². The van der Waals surface area contributed by atoms with Crippen LogP contribution in [-0.4, -0.2) is 10.9 Å². The smallest absolute Gasteiger partial charge is 0.267 e. The molecule has 0 unspecified atom stereocenters. The fourth-order valence-corrected chi connectivity index (χ4v) is 1.44. The second kappa shape index (κ2) is 4.89. The van der Waals surface area contributed by atoms with Crippen molar-refractivity contribution in [3.63, 3.8) is 0 Å². The van der Waals surface area contributed by atoms with E-state index in [1.165, 1.54) is 18.2 Å². The molecule has 0 aliphatic heterocycles. The van der Waals surface area contributed by atoms with Gasteiger partial charge in [0.25, 0.3) is 5.91 Å². The number of benzene rings is 1. The molecular formula is C12H10F2N4O. The number of para-hydroxylation sites is 1. The molecule has 19 heavy (non-hydrogen) atoms. The number of amides is 1. The molecule has 5 N–H and O–H groups in total. The number of primary amides is 1. The van der Waals surface area contributed by atoms with E-state index in [1.807, 2.05) is 0 Å². The van der Waals surface area contributed by atoms with Gasteiger partial charge in [0.05, 0.1) is 5.69 Å². The zero-order valence-electron chi connectivity index (χ0n) is 9.65. The number of carbonyl (C=O) groups is 1. The molecule has 0 fully saturated rings. The highest BCUT2D eigenvalue weighted by Crippen LogP contribution is 2.25. The topological polar surface area (TPSA) is 94.0 Å². The fourth-order valence-electron chi connectivity index (χ4n) is 1.44. The first-order valence-electron chi connectivity index (χ1n) is 5.26. The van der Waals surface area contributed by atoms with Crippen molar-refractivity contribution in [1.82, 2.24) is 4.98 Å². The lowest BCUT2D eigenvalue weighted by atomic mass is 10.2. The van der Waals surface area contributed by atoms with Crippen LogP contribution in [0, 0.1) is 11.6 Å². The van der Waals surface area contributed by atoms with Crippen LogP contribution in [0.2, 0.25) is 0 Å². The lowest BCUT2D eigenvalue weighted by Gasteiger charge is -2.10. The molecule has 0 saturated carbocycles. The lowest BCUT2D eigenvalue weighted by Crippen LogP contribution is -2.14. The Bertz CT molecular complexity index is 625. The largest absolute Gasteiger partial charge is 0.396 e. The third-order valence-corrected chi connectivity index (χ3v) is 2.39. The van der Waals surface area contributed by atoms with Gasteiger partial charge in [-0.3, -0.25) is 4.79 Å². The quantitative estimate of drug-likeness (QED) is 0.787. The number of nitrogen functional groups attached to an aromatic ring is 1. The molecule has 1 heterocycles. The van der Waals surface area contributed by atoms with E-state index in [2.05, 4.69) is 10.3 Å². The van der Waals surface area contributed by atoms with Crippen LogP contribution in [0.1, 0.15) is 10.5 Å². The third-order valence-electron chi connectivity index (χ3n) is 2.39. The molecule has 0 aliphatic rings. The van der Waals surface area contributed by atoms with Gasteiger partial charge in [0.15, 0.2) is 5.82 Å². The number of nitrogens with two attached hydrogens (primary N) is 2. The molecule has 1 aromatic heterocycles. The van der Waals surface area contributed by atoms with E-state index in [1.54, 1.807) is 0 Å². The number of hydrogen-bond donors (Lipinski definition) is 3. The molecule has 0 atom stereocenters. The van der Waals surface area contributed by atoms with Gasteiger partial charge in [-0.15, -0.1) is 0 Å². The Hall–Kier alpha value is -2.70. The number of nitrogens with one attached hydrogen (secondary N) is 1.